The van der Waals surface area contributed by atoms with E-state index in [4.69, 9.17) is 9.62 Å². The van der Waals surface area contributed by atoms with E-state index in [0.29, 0.717) is 38.1 Å². The largest absolute Gasteiger partial charge is 0.459 e. The molecular weight excluding hydrogens is 338 g/mol. The van der Waals surface area contributed by atoms with Gasteiger partial charge in [-0.1, -0.05) is 26.7 Å². The summed E-state index contributed by atoms with van der Waals surface area (Å²) in [5.41, 5.74) is 1.59. The minimum absolute atomic E-state index is 0.157. The Morgan fingerprint density at radius 1 is 1.15 bits per heavy atom. The zero-order chi connectivity index (χ0) is 19.4. The van der Waals surface area contributed by atoms with Gasteiger partial charge in [0.25, 0.3) is 5.91 Å². The lowest BCUT2D eigenvalue weighted by Crippen LogP contribution is -2.47. The van der Waals surface area contributed by atoms with Crippen molar-refractivity contribution in [2.24, 2.45) is 5.92 Å². The minimum Gasteiger partial charge on any atom is -0.459 e. The van der Waals surface area contributed by atoms with Crippen LogP contribution in [0.25, 0.3) is 0 Å². The summed E-state index contributed by atoms with van der Waals surface area (Å²) in [5, 5.41) is 14.0. The molecule has 4 N–H and O–H groups in total. The quantitative estimate of drug-likeness (QED) is 0.256. The predicted octanol–water partition coefficient (Wildman–Crippen LogP) is 2.00. The molecule has 0 radical (unpaired) electrons. The molecule has 0 saturated heterocycles. The first-order valence-corrected chi connectivity index (χ1v) is 8.99. The Morgan fingerprint density at radius 3 is 2.54 bits per heavy atom. The van der Waals surface area contributed by atoms with Crippen LogP contribution in [0.3, 0.4) is 0 Å². The monoisotopic (exact) mass is 367 g/mol. The van der Waals surface area contributed by atoms with Crippen LogP contribution in [-0.2, 0) is 9.59 Å². The zero-order valence-electron chi connectivity index (χ0n) is 15.4. The first kappa shape index (κ1) is 21.7. The molecule has 0 aliphatic rings. The van der Waals surface area contributed by atoms with Crippen LogP contribution in [0.1, 0.15) is 62.9 Å². The van der Waals surface area contributed by atoms with Crippen LogP contribution >= 0.6 is 0 Å². The SMILES string of the molecule is CC(C)CCNC(=O)[C@H](CCCCCC(=O)NO)NC(=O)c1ccco1. The molecule has 0 aromatic carbocycles. The Kier molecular flexibility index (Phi) is 10.1. The summed E-state index contributed by atoms with van der Waals surface area (Å²) in [6, 6.07) is 2.49. The fourth-order valence-electron chi connectivity index (χ4n) is 2.38. The molecular formula is C18H29N3O5. The highest BCUT2D eigenvalue weighted by Crippen LogP contribution is 2.08. The Balaban J connectivity index is 2.50. The Hall–Kier alpha value is -2.35. The molecule has 1 aromatic rings. The second kappa shape index (κ2) is 12.1. The highest BCUT2D eigenvalue weighted by atomic mass is 16.5. The maximum atomic E-state index is 12.4. The van der Waals surface area contributed by atoms with E-state index in [9.17, 15) is 14.4 Å². The second-order valence-electron chi connectivity index (χ2n) is 6.61. The van der Waals surface area contributed by atoms with Crippen molar-refractivity contribution in [3.63, 3.8) is 0 Å². The van der Waals surface area contributed by atoms with Gasteiger partial charge in [0.05, 0.1) is 6.26 Å². The van der Waals surface area contributed by atoms with Crippen LogP contribution < -0.4 is 16.1 Å². The number of nitrogens with one attached hydrogen (secondary N) is 3. The number of rotatable bonds is 12. The molecule has 1 rings (SSSR count). The third-order valence-corrected chi connectivity index (χ3v) is 3.91. The van der Waals surface area contributed by atoms with Gasteiger partial charge in [-0.2, -0.15) is 0 Å². The summed E-state index contributed by atoms with van der Waals surface area (Å²) in [4.78, 5) is 35.5. The number of hydrogen-bond acceptors (Lipinski definition) is 5. The average molecular weight is 367 g/mol. The number of hydroxylamine groups is 1. The molecule has 0 fully saturated rings. The fraction of sp³-hybridized carbons (Fsp3) is 0.611. The van der Waals surface area contributed by atoms with E-state index >= 15 is 0 Å². The maximum absolute atomic E-state index is 12.4. The van der Waals surface area contributed by atoms with E-state index in [0.717, 1.165) is 6.42 Å². The lowest BCUT2D eigenvalue weighted by molar-refractivity contribution is -0.129. The number of furan rings is 1. The molecule has 1 aromatic heterocycles. The Bertz CT molecular complexity index is 557. The first-order chi connectivity index (χ1) is 12.4. The average Bonchev–Trinajstić information content (AvgIpc) is 3.14. The number of hydrogen-bond donors (Lipinski definition) is 4. The van der Waals surface area contributed by atoms with Gasteiger partial charge in [0.2, 0.25) is 11.8 Å². The Labute approximate surface area is 153 Å². The third kappa shape index (κ3) is 8.66. The molecule has 0 spiro atoms. The maximum Gasteiger partial charge on any atom is 0.287 e. The number of carbonyl (C=O) groups is 3. The number of carbonyl (C=O) groups excluding carboxylic acids is 3. The molecule has 0 unspecified atom stereocenters. The molecule has 26 heavy (non-hydrogen) atoms. The lowest BCUT2D eigenvalue weighted by Gasteiger charge is -2.18. The van der Waals surface area contributed by atoms with Crippen LogP contribution in [-0.4, -0.2) is 35.5 Å². The van der Waals surface area contributed by atoms with Crippen LogP contribution in [0.2, 0.25) is 0 Å². The van der Waals surface area contributed by atoms with Gasteiger partial charge < -0.3 is 15.1 Å². The summed E-state index contributed by atoms with van der Waals surface area (Å²) in [7, 11) is 0. The highest BCUT2D eigenvalue weighted by Gasteiger charge is 2.22. The van der Waals surface area contributed by atoms with Crippen LogP contribution in [0.5, 0.6) is 0 Å². The van der Waals surface area contributed by atoms with Crippen molar-refractivity contribution in [2.45, 2.75) is 58.4 Å². The molecule has 8 nitrogen and oxygen atoms in total. The van der Waals surface area contributed by atoms with Crippen molar-refractivity contribution in [3.8, 4) is 0 Å². The molecule has 0 aliphatic heterocycles. The second-order valence-corrected chi connectivity index (χ2v) is 6.61. The molecule has 0 saturated carbocycles. The van der Waals surface area contributed by atoms with Gasteiger partial charge >= 0.3 is 0 Å². The van der Waals surface area contributed by atoms with Gasteiger partial charge in [0.15, 0.2) is 5.76 Å². The van der Waals surface area contributed by atoms with Crippen molar-refractivity contribution in [3.05, 3.63) is 24.2 Å². The predicted molar refractivity (Wildman–Crippen MR) is 95.4 cm³/mol. The van der Waals surface area contributed by atoms with Crippen molar-refractivity contribution in [1.82, 2.24) is 16.1 Å². The zero-order valence-corrected chi connectivity index (χ0v) is 15.4. The van der Waals surface area contributed by atoms with Gasteiger partial charge in [-0.05, 0) is 37.3 Å². The van der Waals surface area contributed by atoms with Gasteiger partial charge in [-0.3, -0.25) is 19.6 Å². The van der Waals surface area contributed by atoms with Gasteiger partial charge in [0.1, 0.15) is 6.04 Å². The van der Waals surface area contributed by atoms with Crippen LogP contribution in [0.4, 0.5) is 0 Å². The van der Waals surface area contributed by atoms with E-state index in [1.54, 1.807) is 11.5 Å². The van der Waals surface area contributed by atoms with Crippen molar-refractivity contribution >= 4 is 17.7 Å². The summed E-state index contributed by atoms with van der Waals surface area (Å²) >= 11 is 0. The molecule has 0 aliphatic carbocycles. The smallest absolute Gasteiger partial charge is 0.287 e. The van der Waals surface area contributed by atoms with E-state index in [2.05, 4.69) is 24.5 Å². The van der Waals surface area contributed by atoms with Crippen molar-refractivity contribution in [2.75, 3.05) is 6.54 Å². The van der Waals surface area contributed by atoms with E-state index in [1.165, 1.54) is 12.3 Å². The fourth-order valence-corrected chi connectivity index (χ4v) is 2.38. The topological polar surface area (TPSA) is 121 Å². The van der Waals surface area contributed by atoms with Gasteiger partial charge in [0, 0.05) is 13.0 Å². The Morgan fingerprint density at radius 2 is 1.92 bits per heavy atom. The molecule has 0 bridgehead atoms. The van der Waals surface area contributed by atoms with E-state index < -0.39 is 17.9 Å². The minimum atomic E-state index is -0.661. The summed E-state index contributed by atoms with van der Waals surface area (Å²) in [6.07, 6.45) is 4.92. The normalized spacial score (nSPS) is 11.8. The summed E-state index contributed by atoms with van der Waals surface area (Å²) < 4.78 is 5.06. The molecule has 1 heterocycles. The molecule has 3 amide bonds. The van der Waals surface area contributed by atoms with Gasteiger partial charge in [-0.25, -0.2) is 5.48 Å². The third-order valence-electron chi connectivity index (χ3n) is 3.91. The first-order valence-electron chi connectivity index (χ1n) is 8.99. The van der Waals surface area contributed by atoms with Crippen LogP contribution in [0, 0.1) is 5.92 Å². The van der Waals surface area contributed by atoms with Crippen molar-refractivity contribution < 1.29 is 24.0 Å². The van der Waals surface area contributed by atoms with E-state index in [1.807, 2.05) is 0 Å². The lowest BCUT2D eigenvalue weighted by atomic mass is 10.1. The molecule has 8 heteroatoms. The molecule has 1 atom stereocenters. The standard InChI is InChI=1S/C18H29N3O5/c1-13(2)10-11-19-17(23)14(7-4-3-5-9-16(22)21-25)20-18(24)15-8-6-12-26-15/h6,8,12-14,25H,3-5,7,9-11H2,1-2H3,(H,19,23)(H,20,24)(H,21,22)/t14-/m0/s1. The number of unbranched alkanes of at least 4 members (excludes halogenated alkanes) is 2. The highest BCUT2D eigenvalue weighted by molar-refractivity contribution is 5.95. The van der Waals surface area contributed by atoms with Gasteiger partial charge in [-0.15, -0.1) is 0 Å². The van der Waals surface area contributed by atoms with Crippen LogP contribution in [0.15, 0.2) is 22.8 Å². The summed E-state index contributed by atoms with van der Waals surface area (Å²) in [6.45, 7) is 4.70. The molecule has 146 valence electrons. The van der Waals surface area contributed by atoms with Crippen molar-refractivity contribution in [1.29, 1.82) is 0 Å². The summed E-state index contributed by atoms with van der Waals surface area (Å²) in [5.74, 6) is -0.454. The number of amides is 3. The van der Waals surface area contributed by atoms with E-state index in [-0.39, 0.29) is 18.1 Å².